The summed E-state index contributed by atoms with van der Waals surface area (Å²) in [5, 5.41) is 3.66. The molecular weight excluding hydrogens is 352 g/mol. The third kappa shape index (κ3) is 6.23. The van der Waals surface area contributed by atoms with Crippen LogP contribution in [0.25, 0.3) is 0 Å². The monoisotopic (exact) mass is 374 g/mol. The molecule has 3 N–H and O–H groups in total. The Morgan fingerprint density at radius 1 is 1.26 bits per heavy atom. The molecule has 0 atom stereocenters. The molecule has 1 aliphatic carbocycles. The van der Waals surface area contributed by atoms with Gasteiger partial charge in [-0.25, -0.2) is 0 Å². The predicted molar refractivity (Wildman–Crippen MR) is 99.9 cm³/mol. The van der Waals surface area contributed by atoms with Crippen LogP contribution in [0.2, 0.25) is 0 Å². The van der Waals surface area contributed by atoms with Crippen LogP contribution in [0.1, 0.15) is 44.9 Å². The zero-order chi connectivity index (χ0) is 16.7. The lowest BCUT2D eigenvalue weighted by atomic mass is 10.2. The van der Waals surface area contributed by atoms with Crippen molar-refractivity contribution in [2.45, 2.75) is 51.0 Å². The maximum absolute atomic E-state index is 11.7. The predicted octanol–water partition coefficient (Wildman–Crippen LogP) is 1.45. The van der Waals surface area contributed by atoms with Gasteiger partial charge in [-0.1, -0.05) is 36.8 Å². The Morgan fingerprint density at radius 2 is 2.00 bits per heavy atom. The van der Waals surface area contributed by atoms with E-state index in [1.807, 2.05) is 0 Å². The van der Waals surface area contributed by atoms with Crippen LogP contribution in [0.15, 0.2) is 0 Å². The van der Waals surface area contributed by atoms with Crippen molar-refractivity contribution in [3.63, 3.8) is 0 Å². The lowest BCUT2D eigenvalue weighted by Gasteiger charge is -2.16. The summed E-state index contributed by atoms with van der Waals surface area (Å²) >= 11 is 11.6. The van der Waals surface area contributed by atoms with Crippen molar-refractivity contribution in [3.8, 4) is 0 Å². The quantitative estimate of drug-likeness (QED) is 0.369. The summed E-state index contributed by atoms with van der Waals surface area (Å²) in [6.45, 7) is 0.590. The Bertz CT molecular complexity index is 465. The number of carbonyl (C=O) groups is 2. The molecule has 23 heavy (non-hydrogen) atoms. The van der Waals surface area contributed by atoms with E-state index in [1.165, 1.54) is 24.6 Å². The van der Waals surface area contributed by atoms with Crippen molar-refractivity contribution >= 4 is 57.4 Å². The summed E-state index contributed by atoms with van der Waals surface area (Å²) in [6.07, 6.45) is 6.57. The lowest BCUT2D eigenvalue weighted by molar-refractivity contribution is -0.124. The summed E-state index contributed by atoms with van der Waals surface area (Å²) in [5.41, 5.74) is 5.34. The standard InChI is InChI=1S/C14H22N4O2S3/c19-11(16-17-13(21)15-10-5-1-2-6-10)7-3-4-8-18-12(20)9-23-14(18)22/h10H,1-9H2,(H,16,19)(H2,15,17,21). The van der Waals surface area contributed by atoms with Gasteiger partial charge in [-0.05, 0) is 37.9 Å². The molecule has 2 amide bonds. The van der Waals surface area contributed by atoms with Crippen LogP contribution in [0.4, 0.5) is 0 Å². The van der Waals surface area contributed by atoms with Gasteiger partial charge in [0, 0.05) is 19.0 Å². The van der Waals surface area contributed by atoms with Gasteiger partial charge in [0.05, 0.1) is 5.75 Å². The van der Waals surface area contributed by atoms with Crippen LogP contribution in [0.3, 0.4) is 0 Å². The van der Waals surface area contributed by atoms with E-state index in [1.54, 1.807) is 4.90 Å². The summed E-state index contributed by atoms with van der Waals surface area (Å²) in [7, 11) is 0. The number of thiocarbonyl (C=S) groups is 2. The van der Waals surface area contributed by atoms with Crippen LogP contribution >= 0.6 is 36.2 Å². The molecule has 0 spiro atoms. The number of hydrogen-bond donors (Lipinski definition) is 3. The third-order valence-electron chi connectivity index (χ3n) is 3.88. The van der Waals surface area contributed by atoms with Gasteiger partial charge < -0.3 is 5.32 Å². The third-order valence-corrected chi connectivity index (χ3v) is 5.53. The molecule has 1 heterocycles. The number of nitrogens with zero attached hydrogens (tertiary/aromatic N) is 1. The number of hydrazine groups is 1. The maximum atomic E-state index is 11.7. The van der Waals surface area contributed by atoms with Gasteiger partial charge in [0.15, 0.2) is 5.11 Å². The van der Waals surface area contributed by atoms with Crippen molar-refractivity contribution in [1.29, 1.82) is 0 Å². The molecule has 1 saturated carbocycles. The van der Waals surface area contributed by atoms with E-state index in [-0.39, 0.29) is 11.8 Å². The van der Waals surface area contributed by atoms with Crippen LogP contribution in [0.5, 0.6) is 0 Å². The number of carbonyl (C=O) groups excluding carboxylic acids is 2. The highest BCUT2D eigenvalue weighted by molar-refractivity contribution is 8.23. The Labute approximate surface area is 151 Å². The van der Waals surface area contributed by atoms with Gasteiger partial charge in [0.25, 0.3) is 0 Å². The molecule has 0 aromatic heterocycles. The average molecular weight is 375 g/mol. The number of unbranched alkanes of at least 4 members (excludes halogenated alkanes) is 1. The molecule has 2 aliphatic rings. The van der Waals surface area contributed by atoms with E-state index >= 15 is 0 Å². The minimum absolute atomic E-state index is 0.0643. The molecule has 0 aromatic carbocycles. The minimum Gasteiger partial charge on any atom is -0.359 e. The van der Waals surface area contributed by atoms with Crippen molar-refractivity contribution in [2.24, 2.45) is 0 Å². The van der Waals surface area contributed by atoms with Gasteiger partial charge in [0.2, 0.25) is 11.8 Å². The summed E-state index contributed by atoms with van der Waals surface area (Å²) in [4.78, 5) is 24.9. The number of amides is 2. The topological polar surface area (TPSA) is 73.5 Å². The van der Waals surface area contributed by atoms with Crippen molar-refractivity contribution < 1.29 is 9.59 Å². The number of thioether (sulfide) groups is 1. The molecule has 0 radical (unpaired) electrons. The van der Waals surface area contributed by atoms with Crippen molar-refractivity contribution in [3.05, 3.63) is 0 Å². The molecule has 2 rings (SSSR count). The molecule has 0 unspecified atom stereocenters. The van der Waals surface area contributed by atoms with Crippen molar-refractivity contribution in [1.82, 2.24) is 21.1 Å². The van der Waals surface area contributed by atoms with Gasteiger partial charge in [-0.15, -0.1) is 0 Å². The van der Waals surface area contributed by atoms with E-state index in [9.17, 15) is 9.59 Å². The smallest absolute Gasteiger partial charge is 0.238 e. The van der Waals surface area contributed by atoms with Crippen LogP contribution in [-0.2, 0) is 9.59 Å². The van der Waals surface area contributed by atoms with E-state index in [4.69, 9.17) is 24.4 Å². The first kappa shape index (κ1) is 18.4. The molecule has 1 saturated heterocycles. The van der Waals surface area contributed by atoms with Crippen molar-refractivity contribution in [2.75, 3.05) is 12.3 Å². The first-order valence-electron chi connectivity index (χ1n) is 7.89. The fourth-order valence-corrected chi connectivity index (χ4v) is 3.97. The minimum atomic E-state index is -0.106. The lowest BCUT2D eigenvalue weighted by Crippen LogP contribution is -2.49. The first-order valence-corrected chi connectivity index (χ1v) is 9.69. The highest BCUT2D eigenvalue weighted by Crippen LogP contribution is 2.19. The van der Waals surface area contributed by atoms with Gasteiger partial charge >= 0.3 is 0 Å². The molecular formula is C14H22N4O2S3. The second-order valence-electron chi connectivity index (χ2n) is 5.69. The molecule has 2 fully saturated rings. The molecule has 6 nitrogen and oxygen atoms in total. The largest absolute Gasteiger partial charge is 0.359 e. The Hall–Kier alpha value is -0.930. The summed E-state index contributed by atoms with van der Waals surface area (Å²) < 4.78 is 0.643. The van der Waals surface area contributed by atoms with Gasteiger partial charge in [-0.3, -0.25) is 25.3 Å². The molecule has 128 valence electrons. The zero-order valence-corrected chi connectivity index (χ0v) is 15.4. The molecule has 0 aromatic rings. The molecule has 9 heteroatoms. The van der Waals surface area contributed by atoms with E-state index in [0.29, 0.717) is 40.6 Å². The summed E-state index contributed by atoms with van der Waals surface area (Å²) in [6, 6.07) is 0.423. The summed E-state index contributed by atoms with van der Waals surface area (Å²) in [5.74, 6) is 0.397. The highest BCUT2D eigenvalue weighted by atomic mass is 32.2. The van der Waals surface area contributed by atoms with E-state index in [0.717, 1.165) is 19.3 Å². The van der Waals surface area contributed by atoms with Gasteiger partial charge in [-0.2, -0.15) is 0 Å². The van der Waals surface area contributed by atoms with Crippen LogP contribution in [-0.4, -0.2) is 44.5 Å². The van der Waals surface area contributed by atoms with Crippen LogP contribution < -0.4 is 16.2 Å². The second kappa shape index (κ2) is 9.39. The maximum Gasteiger partial charge on any atom is 0.238 e. The number of nitrogens with one attached hydrogen (secondary N) is 3. The SMILES string of the molecule is O=C(CCCCN1C(=O)CSC1=S)NNC(=S)NC1CCCC1. The first-order chi connectivity index (χ1) is 11.1. The Morgan fingerprint density at radius 3 is 2.65 bits per heavy atom. The number of rotatable bonds is 6. The fraction of sp³-hybridized carbons (Fsp3) is 0.714. The number of hydrogen-bond acceptors (Lipinski definition) is 5. The average Bonchev–Trinajstić information content (AvgIpc) is 3.13. The molecule has 0 bridgehead atoms. The normalized spacial score (nSPS) is 18.3. The van der Waals surface area contributed by atoms with E-state index in [2.05, 4.69) is 16.2 Å². The van der Waals surface area contributed by atoms with Crippen LogP contribution in [0, 0.1) is 0 Å². The zero-order valence-electron chi connectivity index (χ0n) is 12.9. The fourth-order valence-electron chi connectivity index (χ4n) is 2.63. The Kier molecular flexibility index (Phi) is 7.51. The van der Waals surface area contributed by atoms with Gasteiger partial charge in [0.1, 0.15) is 4.32 Å². The molecule has 1 aliphatic heterocycles. The van der Waals surface area contributed by atoms with E-state index < -0.39 is 0 Å². The Balaban J connectivity index is 1.52. The second-order valence-corrected chi connectivity index (χ2v) is 7.70. The highest BCUT2D eigenvalue weighted by Gasteiger charge is 2.25.